The third-order valence-corrected chi connectivity index (χ3v) is 3.25. The molecule has 1 aromatic heterocycles. The molecule has 2 rings (SSSR count). The zero-order chi connectivity index (χ0) is 11.7. The van der Waals surface area contributed by atoms with Gasteiger partial charge in [0, 0.05) is 4.47 Å². The molecule has 0 bridgehead atoms. The molecule has 4 nitrogen and oxygen atoms in total. The Morgan fingerprint density at radius 3 is 2.69 bits per heavy atom. The first-order valence-electron chi connectivity index (χ1n) is 5.01. The van der Waals surface area contributed by atoms with Crippen LogP contribution in [0.1, 0.15) is 17.2 Å². The quantitative estimate of drug-likeness (QED) is 0.917. The molecule has 0 aliphatic heterocycles. The predicted octanol–water partition coefficient (Wildman–Crippen LogP) is 2.11. The number of halogens is 1. The van der Waals surface area contributed by atoms with Crippen LogP contribution < -0.4 is 5.73 Å². The topological polar surface area (TPSA) is 56.7 Å². The van der Waals surface area contributed by atoms with Crippen molar-refractivity contribution in [2.75, 3.05) is 0 Å². The zero-order valence-electron chi connectivity index (χ0n) is 9.24. The molecular formula is C11H13BrN4. The van der Waals surface area contributed by atoms with E-state index in [9.17, 15) is 0 Å². The maximum atomic E-state index is 5.52. The summed E-state index contributed by atoms with van der Waals surface area (Å²) in [5, 5.41) is 4.33. The van der Waals surface area contributed by atoms with Crippen molar-refractivity contribution < 1.29 is 0 Å². The van der Waals surface area contributed by atoms with Crippen molar-refractivity contribution in [3.8, 4) is 5.69 Å². The van der Waals surface area contributed by atoms with Gasteiger partial charge >= 0.3 is 0 Å². The van der Waals surface area contributed by atoms with Gasteiger partial charge in [-0.15, -0.1) is 5.10 Å². The molecule has 0 fully saturated rings. The summed E-state index contributed by atoms with van der Waals surface area (Å²) < 4.78 is 2.86. The first kappa shape index (κ1) is 11.3. The summed E-state index contributed by atoms with van der Waals surface area (Å²) in [6.45, 7) is 4.33. The molecule has 1 aromatic carbocycles. The number of rotatable bonds is 2. The van der Waals surface area contributed by atoms with Crippen LogP contribution in [0.3, 0.4) is 0 Å². The van der Waals surface area contributed by atoms with Crippen LogP contribution in [0, 0.1) is 13.8 Å². The molecule has 0 amide bonds. The Balaban J connectivity index is 2.49. The molecule has 16 heavy (non-hydrogen) atoms. The molecular weight excluding hydrogens is 268 g/mol. The maximum Gasteiger partial charge on any atom is 0.164 e. The lowest BCUT2D eigenvalue weighted by Gasteiger charge is -2.05. The average Bonchev–Trinajstić information content (AvgIpc) is 2.64. The van der Waals surface area contributed by atoms with Gasteiger partial charge in [-0.2, -0.15) is 0 Å². The lowest BCUT2D eigenvalue weighted by atomic mass is 10.2. The molecule has 1 heterocycles. The number of nitrogens with two attached hydrogens (primary N) is 1. The molecule has 0 radical (unpaired) electrons. The van der Waals surface area contributed by atoms with Gasteiger partial charge in [0.1, 0.15) is 5.82 Å². The summed E-state index contributed by atoms with van der Waals surface area (Å²) in [4.78, 5) is 4.27. The molecule has 0 aliphatic carbocycles. The largest absolute Gasteiger partial charge is 0.324 e. The van der Waals surface area contributed by atoms with Gasteiger partial charge in [0.15, 0.2) is 5.82 Å². The fraction of sp³-hybridized carbons (Fsp3) is 0.273. The van der Waals surface area contributed by atoms with Crippen molar-refractivity contribution in [1.82, 2.24) is 14.8 Å². The second-order valence-electron chi connectivity index (χ2n) is 3.62. The van der Waals surface area contributed by atoms with Crippen LogP contribution in [0.5, 0.6) is 0 Å². The van der Waals surface area contributed by atoms with Crippen LogP contribution in [-0.2, 0) is 6.54 Å². The number of aromatic nitrogens is 3. The van der Waals surface area contributed by atoms with E-state index in [2.05, 4.69) is 26.0 Å². The van der Waals surface area contributed by atoms with E-state index in [1.165, 1.54) is 5.56 Å². The minimum atomic E-state index is 0.362. The van der Waals surface area contributed by atoms with Gasteiger partial charge in [0.2, 0.25) is 0 Å². The van der Waals surface area contributed by atoms with Crippen molar-refractivity contribution >= 4 is 15.9 Å². The average molecular weight is 281 g/mol. The van der Waals surface area contributed by atoms with Crippen LogP contribution in [-0.4, -0.2) is 14.8 Å². The Morgan fingerprint density at radius 1 is 1.38 bits per heavy atom. The summed E-state index contributed by atoms with van der Waals surface area (Å²) in [6.07, 6.45) is 0. The summed E-state index contributed by atoms with van der Waals surface area (Å²) in [5.41, 5.74) is 7.70. The standard InChI is InChI=1S/C11H13BrN4/c1-7-3-4-9(5-10(7)12)16-8(2)14-11(6-13)15-16/h3-5H,6,13H2,1-2H3. The minimum absolute atomic E-state index is 0.362. The highest BCUT2D eigenvalue weighted by Gasteiger charge is 2.07. The molecule has 0 atom stereocenters. The Kier molecular flexibility index (Phi) is 3.07. The van der Waals surface area contributed by atoms with Crippen molar-refractivity contribution in [3.05, 3.63) is 39.9 Å². The summed E-state index contributed by atoms with van der Waals surface area (Å²) >= 11 is 3.51. The molecule has 0 saturated carbocycles. The molecule has 0 spiro atoms. The number of hydrogen-bond acceptors (Lipinski definition) is 3. The molecule has 5 heteroatoms. The normalized spacial score (nSPS) is 10.8. The minimum Gasteiger partial charge on any atom is -0.324 e. The van der Waals surface area contributed by atoms with Gasteiger partial charge in [0.25, 0.3) is 0 Å². The van der Waals surface area contributed by atoms with Crippen LogP contribution >= 0.6 is 15.9 Å². The van der Waals surface area contributed by atoms with E-state index in [1.54, 1.807) is 4.68 Å². The lowest BCUT2D eigenvalue weighted by Crippen LogP contribution is -2.02. The Bertz CT molecular complexity index is 519. The fourth-order valence-corrected chi connectivity index (χ4v) is 1.86. The van der Waals surface area contributed by atoms with Crippen molar-refractivity contribution in [3.63, 3.8) is 0 Å². The SMILES string of the molecule is Cc1ccc(-n2nc(CN)nc2C)cc1Br. The van der Waals surface area contributed by atoms with Gasteiger partial charge in [-0.1, -0.05) is 22.0 Å². The van der Waals surface area contributed by atoms with Crippen LogP contribution in [0.25, 0.3) is 5.69 Å². The van der Waals surface area contributed by atoms with Crippen LogP contribution in [0.2, 0.25) is 0 Å². The second-order valence-corrected chi connectivity index (χ2v) is 4.48. The molecule has 0 aliphatic rings. The Morgan fingerprint density at radius 2 is 2.12 bits per heavy atom. The molecule has 2 aromatic rings. The van der Waals surface area contributed by atoms with Gasteiger partial charge < -0.3 is 5.73 Å². The molecule has 84 valence electrons. The third kappa shape index (κ3) is 2.01. The van der Waals surface area contributed by atoms with Crippen LogP contribution in [0.4, 0.5) is 0 Å². The van der Waals surface area contributed by atoms with E-state index in [0.717, 1.165) is 16.0 Å². The first-order valence-corrected chi connectivity index (χ1v) is 5.80. The highest BCUT2D eigenvalue weighted by molar-refractivity contribution is 9.10. The number of benzene rings is 1. The summed E-state index contributed by atoms with van der Waals surface area (Å²) in [5.74, 6) is 1.51. The first-order chi connectivity index (χ1) is 7.61. The predicted molar refractivity (Wildman–Crippen MR) is 66.4 cm³/mol. The highest BCUT2D eigenvalue weighted by Crippen LogP contribution is 2.20. The van der Waals surface area contributed by atoms with Gasteiger partial charge in [-0.25, -0.2) is 9.67 Å². The van der Waals surface area contributed by atoms with E-state index in [-0.39, 0.29) is 0 Å². The number of hydrogen-bond donors (Lipinski definition) is 1. The van der Waals surface area contributed by atoms with Crippen molar-refractivity contribution in [2.24, 2.45) is 5.73 Å². The van der Waals surface area contributed by atoms with Crippen LogP contribution in [0.15, 0.2) is 22.7 Å². The van der Waals surface area contributed by atoms with E-state index in [4.69, 9.17) is 5.73 Å². The number of nitrogens with zero attached hydrogens (tertiary/aromatic N) is 3. The molecule has 0 saturated heterocycles. The van der Waals surface area contributed by atoms with Crippen molar-refractivity contribution in [2.45, 2.75) is 20.4 Å². The maximum absolute atomic E-state index is 5.52. The van der Waals surface area contributed by atoms with E-state index in [1.807, 2.05) is 32.0 Å². The third-order valence-electron chi connectivity index (χ3n) is 2.40. The van der Waals surface area contributed by atoms with Gasteiger partial charge in [-0.3, -0.25) is 0 Å². The Hall–Kier alpha value is -1.20. The van der Waals surface area contributed by atoms with Crippen molar-refractivity contribution in [1.29, 1.82) is 0 Å². The van der Waals surface area contributed by atoms with E-state index in [0.29, 0.717) is 12.4 Å². The highest BCUT2D eigenvalue weighted by atomic mass is 79.9. The summed E-state index contributed by atoms with van der Waals surface area (Å²) in [6, 6.07) is 6.09. The summed E-state index contributed by atoms with van der Waals surface area (Å²) in [7, 11) is 0. The van der Waals surface area contributed by atoms with Gasteiger partial charge in [0.05, 0.1) is 12.2 Å². The van der Waals surface area contributed by atoms with E-state index < -0.39 is 0 Å². The fourth-order valence-electron chi connectivity index (χ4n) is 1.49. The smallest absolute Gasteiger partial charge is 0.164 e. The monoisotopic (exact) mass is 280 g/mol. The number of aryl methyl sites for hydroxylation is 2. The molecule has 0 unspecified atom stereocenters. The molecule has 2 N–H and O–H groups in total. The second kappa shape index (κ2) is 4.35. The Labute approximate surface area is 103 Å². The lowest BCUT2D eigenvalue weighted by molar-refractivity contribution is 0.811. The van der Waals surface area contributed by atoms with Gasteiger partial charge in [-0.05, 0) is 31.5 Å². The van der Waals surface area contributed by atoms with E-state index >= 15 is 0 Å². The zero-order valence-corrected chi connectivity index (χ0v) is 10.8.